The zero-order chi connectivity index (χ0) is 57.1. The van der Waals surface area contributed by atoms with Crippen LogP contribution in [0, 0.1) is 0 Å². The van der Waals surface area contributed by atoms with Crippen LogP contribution in [0.15, 0.2) is 134 Å². The van der Waals surface area contributed by atoms with Crippen molar-refractivity contribution in [1.29, 1.82) is 0 Å². The molecule has 0 radical (unpaired) electrons. The van der Waals surface area contributed by atoms with Gasteiger partial charge in [-0.15, -0.1) is 0 Å². The summed E-state index contributed by atoms with van der Waals surface area (Å²) in [5.41, 5.74) is 0. The van der Waals surface area contributed by atoms with Crippen molar-refractivity contribution >= 4 is 17.9 Å². The summed E-state index contributed by atoms with van der Waals surface area (Å²) >= 11 is 0. The summed E-state index contributed by atoms with van der Waals surface area (Å²) in [6, 6.07) is 0. The molecule has 0 aliphatic heterocycles. The monoisotopic (exact) mass is 1090 g/mol. The highest BCUT2D eigenvalue weighted by Gasteiger charge is 2.19. The van der Waals surface area contributed by atoms with Gasteiger partial charge in [0.05, 0.1) is 0 Å². The predicted molar refractivity (Wildman–Crippen MR) is 343 cm³/mol. The number of ether oxygens (including phenoxy) is 3. The maximum Gasteiger partial charge on any atom is 0.306 e. The molecule has 0 aromatic carbocycles. The summed E-state index contributed by atoms with van der Waals surface area (Å²) < 4.78 is 16.9. The Hall–Kier alpha value is -4.45. The van der Waals surface area contributed by atoms with Gasteiger partial charge in [-0.3, -0.25) is 14.4 Å². The highest BCUT2D eigenvalue weighted by Crippen LogP contribution is 2.15. The van der Waals surface area contributed by atoms with Gasteiger partial charge in [-0.25, -0.2) is 0 Å². The molecule has 448 valence electrons. The number of carbonyl (C=O) groups is 3. The Kier molecular flexibility index (Phi) is 62.3. The minimum absolute atomic E-state index is 0.0941. The first-order chi connectivity index (χ1) is 39.0. The summed E-state index contributed by atoms with van der Waals surface area (Å²) in [7, 11) is 0. The molecular formula is C73H120O6. The molecule has 0 aromatic rings. The number of rotatable bonds is 58. The molecule has 6 heteroatoms. The Morgan fingerprint density at radius 2 is 0.494 bits per heavy atom. The van der Waals surface area contributed by atoms with Gasteiger partial charge in [0.1, 0.15) is 13.2 Å². The lowest BCUT2D eigenvalue weighted by Gasteiger charge is -2.18. The molecule has 6 nitrogen and oxygen atoms in total. The van der Waals surface area contributed by atoms with E-state index in [1.165, 1.54) is 103 Å². The Morgan fingerprint density at radius 3 is 0.785 bits per heavy atom. The smallest absolute Gasteiger partial charge is 0.306 e. The van der Waals surface area contributed by atoms with Crippen LogP contribution in [0.25, 0.3) is 0 Å². The van der Waals surface area contributed by atoms with Gasteiger partial charge in [0, 0.05) is 19.3 Å². The molecule has 0 saturated carbocycles. The molecule has 0 N–H and O–H groups in total. The molecule has 0 saturated heterocycles. The number of hydrogen-bond donors (Lipinski definition) is 0. The van der Waals surface area contributed by atoms with E-state index in [1.807, 2.05) is 0 Å². The molecule has 0 aliphatic rings. The first kappa shape index (κ1) is 74.5. The van der Waals surface area contributed by atoms with Crippen LogP contribution in [-0.4, -0.2) is 37.2 Å². The van der Waals surface area contributed by atoms with E-state index in [4.69, 9.17) is 14.2 Å². The van der Waals surface area contributed by atoms with Crippen LogP contribution in [0.3, 0.4) is 0 Å². The number of hydrogen-bond acceptors (Lipinski definition) is 6. The van der Waals surface area contributed by atoms with Crippen LogP contribution in [0.1, 0.15) is 290 Å². The third-order valence-corrected chi connectivity index (χ3v) is 13.6. The van der Waals surface area contributed by atoms with Gasteiger partial charge in [0.15, 0.2) is 6.10 Å². The van der Waals surface area contributed by atoms with Crippen molar-refractivity contribution in [3.05, 3.63) is 134 Å². The van der Waals surface area contributed by atoms with Gasteiger partial charge in [0.2, 0.25) is 0 Å². The lowest BCUT2D eigenvalue weighted by atomic mass is 10.1. The molecule has 1 unspecified atom stereocenters. The number of carbonyl (C=O) groups excluding carboxylic acids is 3. The Morgan fingerprint density at radius 1 is 0.266 bits per heavy atom. The molecule has 0 aromatic heterocycles. The van der Waals surface area contributed by atoms with Gasteiger partial charge < -0.3 is 14.2 Å². The number of unbranched alkanes of at least 4 members (excludes halogenated alkanes) is 25. The molecule has 79 heavy (non-hydrogen) atoms. The topological polar surface area (TPSA) is 78.9 Å². The van der Waals surface area contributed by atoms with Crippen LogP contribution in [-0.2, 0) is 28.6 Å². The normalized spacial score (nSPS) is 13.0. The van der Waals surface area contributed by atoms with Crippen molar-refractivity contribution in [3.63, 3.8) is 0 Å². The second kappa shape index (κ2) is 66.1. The maximum atomic E-state index is 12.9. The van der Waals surface area contributed by atoms with E-state index < -0.39 is 6.10 Å². The second-order valence-corrected chi connectivity index (χ2v) is 21.3. The van der Waals surface area contributed by atoms with Gasteiger partial charge >= 0.3 is 17.9 Å². The number of allylic oxidation sites excluding steroid dienone is 22. The number of esters is 3. The van der Waals surface area contributed by atoms with Crippen LogP contribution in [0.2, 0.25) is 0 Å². The highest BCUT2D eigenvalue weighted by atomic mass is 16.6. The lowest BCUT2D eigenvalue weighted by molar-refractivity contribution is -0.167. The van der Waals surface area contributed by atoms with Gasteiger partial charge in [0.25, 0.3) is 0 Å². The maximum absolute atomic E-state index is 12.9. The van der Waals surface area contributed by atoms with Crippen LogP contribution in [0.5, 0.6) is 0 Å². The summed E-state index contributed by atoms with van der Waals surface area (Å²) in [4.78, 5) is 38.4. The van der Waals surface area contributed by atoms with E-state index in [-0.39, 0.29) is 31.1 Å². The standard InChI is InChI=1S/C73H120O6/c1-4-7-10-13-16-19-22-25-28-31-33-34-35-36-37-38-40-42-45-48-51-54-57-60-63-66-72(75)78-69-70(68-77-71(74)65-62-59-56-53-50-47-44-41-30-27-24-21-18-15-12-9-6-3)79-73(76)67-64-61-58-55-52-49-46-43-39-32-29-26-23-20-17-14-11-8-5-2/h7-8,10-11,16-17,19-20,25-30,33-34,36-37,39-40,42-43,70H,4-6,9,12-15,18,21-24,31-32,35,38,41,44-69H2,1-3H3/b10-7-,11-8-,19-16-,20-17-,28-25-,29-26-,30-27-,34-33-,37-36-,42-40-,43-39-. The van der Waals surface area contributed by atoms with Gasteiger partial charge in [-0.2, -0.15) is 0 Å². The minimum atomic E-state index is -0.801. The van der Waals surface area contributed by atoms with Crippen LogP contribution >= 0.6 is 0 Å². The molecule has 0 rings (SSSR count). The van der Waals surface area contributed by atoms with Crippen LogP contribution < -0.4 is 0 Å². The molecule has 0 fully saturated rings. The van der Waals surface area contributed by atoms with E-state index >= 15 is 0 Å². The minimum Gasteiger partial charge on any atom is -0.462 e. The lowest BCUT2D eigenvalue weighted by Crippen LogP contribution is -2.30. The zero-order valence-electron chi connectivity index (χ0n) is 51.3. The SMILES string of the molecule is CC/C=C\C/C=C\C/C=C\C/C=C\C/C=C\C/C=C\CCCCCCCCC(=O)OCC(COC(=O)CCCCCCCCC/C=C\CCCCCCCC)OC(=O)CCCCCCCC/C=C\C/C=C\C/C=C\C/C=C\CC. The highest BCUT2D eigenvalue weighted by molar-refractivity contribution is 5.71. The zero-order valence-corrected chi connectivity index (χ0v) is 51.3. The van der Waals surface area contributed by atoms with Crippen molar-refractivity contribution in [1.82, 2.24) is 0 Å². The fourth-order valence-corrected chi connectivity index (χ4v) is 8.79. The summed E-state index contributed by atoms with van der Waals surface area (Å²) in [5, 5.41) is 0. The van der Waals surface area contributed by atoms with E-state index in [2.05, 4.69) is 154 Å². The quantitative estimate of drug-likeness (QED) is 0.0261. The second-order valence-electron chi connectivity index (χ2n) is 21.3. The van der Waals surface area contributed by atoms with Crippen LogP contribution in [0.4, 0.5) is 0 Å². The third kappa shape index (κ3) is 64.3. The van der Waals surface area contributed by atoms with Gasteiger partial charge in [-0.05, 0) is 135 Å². The first-order valence-electron chi connectivity index (χ1n) is 32.7. The van der Waals surface area contributed by atoms with Crippen molar-refractivity contribution in [2.75, 3.05) is 13.2 Å². The van der Waals surface area contributed by atoms with E-state index in [1.54, 1.807) is 0 Å². The van der Waals surface area contributed by atoms with Crippen molar-refractivity contribution in [3.8, 4) is 0 Å². The van der Waals surface area contributed by atoms with Crippen molar-refractivity contribution in [2.24, 2.45) is 0 Å². The molecule has 1 atom stereocenters. The van der Waals surface area contributed by atoms with E-state index in [0.29, 0.717) is 19.3 Å². The average molecular weight is 1090 g/mol. The summed E-state index contributed by atoms with van der Waals surface area (Å²) in [5.74, 6) is -0.923. The van der Waals surface area contributed by atoms with Crippen molar-refractivity contribution in [2.45, 2.75) is 297 Å². The van der Waals surface area contributed by atoms with Gasteiger partial charge in [-0.1, -0.05) is 270 Å². The molecule has 0 bridgehead atoms. The largest absolute Gasteiger partial charge is 0.462 e. The fourth-order valence-electron chi connectivity index (χ4n) is 8.79. The summed E-state index contributed by atoms with van der Waals surface area (Å²) in [6.45, 7) is 6.40. The average Bonchev–Trinajstić information content (AvgIpc) is 3.45. The molecular weight excluding hydrogens is 973 g/mol. The van der Waals surface area contributed by atoms with E-state index in [0.717, 1.165) is 148 Å². The summed E-state index contributed by atoms with van der Waals surface area (Å²) in [6.07, 6.45) is 93.0. The molecule has 0 aliphatic carbocycles. The predicted octanol–water partition coefficient (Wildman–Crippen LogP) is 22.5. The Balaban J connectivity index is 4.45. The molecule has 0 amide bonds. The first-order valence-corrected chi connectivity index (χ1v) is 32.7. The molecule has 0 spiro atoms. The fraction of sp³-hybridized carbons (Fsp3) is 0.658. The Bertz CT molecular complexity index is 1680. The molecule has 0 heterocycles. The third-order valence-electron chi connectivity index (χ3n) is 13.6. The Labute approximate surface area is 487 Å². The van der Waals surface area contributed by atoms with E-state index in [9.17, 15) is 14.4 Å². The van der Waals surface area contributed by atoms with Crippen molar-refractivity contribution < 1.29 is 28.6 Å².